The van der Waals surface area contributed by atoms with Gasteiger partial charge >= 0.3 is 5.97 Å². The first-order chi connectivity index (χ1) is 24.9. The third kappa shape index (κ3) is 10.1. The second kappa shape index (κ2) is 17.9. The van der Waals surface area contributed by atoms with Crippen molar-refractivity contribution in [2.75, 3.05) is 5.75 Å². The van der Waals surface area contributed by atoms with Crippen LogP contribution in [-0.4, -0.2) is 54.2 Å². The van der Waals surface area contributed by atoms with Gasteiger partial charge in [-0.1, -0.05) is 97.0 Å². The molecule has 0 radical (unpaired) electrons. The highest BCUT2D eigenvalue weighted by atomic mass is 32.2. The zero-order chi connectivity index (χ0) is 35.4. The molecule has 0 spiro atoms. The van der Waals surface area contributed by atoms with Crippen LogP contribution in [0.15, 0.2) is 108 Å². The maximum atomic E-state index is 12.4. The van der Waals surface area contributed by atoms with Crippen LogP contribution in [0.5, 0.6) is 0 Å². The Morgan fingerprint density at radius 3 is 2.37 bits per heavy atom. The van der Waals surface area contributed by atoms with Crippen LogP contribution >= 0.6 is 11.8 Å². The number of ether oxygens (including phenoxy) is 2. The van der Waals surface area contributed by atoms with E-state index in [1.54, 1.807) is 4.68 Å². The van der Waals surface area contributed by atoms with Crippen LogP contribution in [0.3, 0.4) is 0 Å². The van der Waals surface area contributed by atoms with E-state index in [0.29, 0.717) is 49.6 Å². The molecule has 6 rings (SSSR count). The average Bonchev–Trinajstić information content (AvgIpc) is 3.65. The highest BCUT2D eigenvalue weighted by Crippen LogP contribution is 2.40. The second-order valence-corrected chi connectivity index (χ2v) is 13.4. The molecule has 3 atom stereocenters. The number of aromatic nitrogens is 4. The number of aliphatic carboxylic acids is 1. The average molecular weight is 708 g/mol. The minimum Gasteiger partial charge on any atom is -0.481 e. The van der Waals surface area contributed by atoms with E-state index in [9.17, 15) is 14.7 Å². The smallest absolute Gasteiger partial charge is 0.303 e. The first-order valence-electron chi connectivity index (χ1n) is 17.1. The summed E-state index contributed by atoms with van der Waals surface area (Å²) in [5.41, 5.74) is 6.59. The van der Waals surface area contributed by atoms with Crippen LogP contribution in [0, 0.1) is 0 Å². The van der Waals surface area contributed by atoms with Crippen LogP contribution < -0.4 is 5.32 Å². The number of carbonyl (C=O) groups is 2. The molecule has 12 heteroatoms. The maximum absolute atomic E-state index is 12.4. The zero-order valence-corrected chi connectivity index (χ0v) is 29.0. The van der Waals surface area contributed by atoms with E-state index in [1.165, 1.54) is 11.8 Å². The van der Waals surface area contributed by atoms with Gasteiger partial charge in [0.25, 0.3) is 0 Å². The fourth-order valence-corrected chi connectivity index (χ4v) is 6.85. The van der Waals surface area contributed by atoms with Gasteiger partial charge in [0.05, 0.1) is 24.5 Å². The highest BCUT2D eigenvalue weighted by molar-refractivity contribution is 7.99. The number of amides is 1. The molecule has 3 N–H and O–H groups in total. The summed E-state index contributed by atoms with van der Waals surface area (Å²) in [6.07, 6.45) is 2.05. The summed E-state index contributed by atoms with van der Waals surface area (Å²) in [6, 6.07) is 33.8. The van der Waals surface area contributed by atoms with Crippen molar-refractivity contribution in [3.63, 3.8) is 0 Å². The Morgan fingerprint density at radius 2 is 1.59 bits per heavy atom. The molecule has 2 heterocycles. The molecule has 264 valence electrons. The van der Waals surface area contributed by atoms with Gasteiger partial charge in [0.2, 0.25) is 11.1 Å². The minimum atomic E-state index is -0.809. The lowest BCUT2D eigenvalue weighted by Crippen LogP contribution is -2.31. The van der Waals surface area contributed by atoms with E-state index < -0.39 is 12.3 Å². The van der Waals surface area contributed by atoms with E-state index >= 15 is 0 Å². The molecule has 5 aromatic rings. The standard InChI is InChI=1S/C39H41N5O6S/c45-25-27-17-19-29(20-18-27)35-23-34(26-51-39-41-42-43-44(39)33-13-3-1-4-14-33)49-38(50-35)32-12-8-11-31(22-32)30-10-7-9-28(21-30)24-40-36(46)15-5-2-6-16-37(47)48/h1,3-4,7-14,17-22,34-35,38,45H,2,5-6,15-16,23-26H2,(H,40,46)(H,47,48). The molecule has 1 amide bonds. The largest absolute Gasteiger partial charge is 0.481 e. The molecule has 1 aliphatic rings. The number of tetrazole rings is 1. The van der Waals surface area contributed by atoms with Gasteiger partial charge in [-0.15, -0.1) is 5.10 Å². The molecule has 0 aliphatic carbocycles. The lowest BCUT2D eigenvalue weighted by molar-refractivity contribution is -0.245. The predicted octanol–water partition coefficient (Wildman–Crippen LogP) is 6.81. The lowest BCUT2D eigenvalue weighted by Gasteiger charge is -2.36. The molecular weight excluding hydrogens is 667 g/mol. The number of para-hydroxylation sites is 1. The number of nitrogens with one attached hydrogen (secondary N) is 1. The normalized spacial score (nSPS) is 17.2. The summed E-state index contributed by atoms with van der Waals surface area (Å²) in [5, 5.41) is 34.4. The Bertz CT molecular complexity index is 1890. The first-order valence-corrected chi connectivity index (χ1v) is 18.1. The molecule has 11 nitrogen and oxygen atoms in total. The summed E-state index contributed by atoms with van der Waals surface area (Å²) in [7, 11) is 0. The van der Waals surface area contributed by atoms with Crippen molar-refractivity contribution in [3.05, 3.63) is 125 Å². The zero-order valence-electron chi connectivity index (χ0n) is 28.1. The third-order valence-electron chi connectivity index (χ3n) is 8.66. The SMILES string of the molecule is O=C(O)CCCCCC(=O)NCc1cccc(-c2cccc(C3OC(CSc4nnnn4-c4ccccc4)CC(c4ccc(CO)cc4)O3)c2)c1. The minimum absolute atomic E-state index is 0.0243. The van der Waals surface area contributed by atoms with Crippen molar-refractivity contribution in [1.29, 1.82) is 0 Å². The van der Waals surface area contributed by atoms with Crippen molar-refractivity contribution < 1.29 is 29.3 Å². The second-order valence-electron chi connectivity index (χ2n) is 12.4. The van der Waals surface area contributed by atoms with E-state index in [2.05, 4.69) is 33.0 Å². The van der Waals surface area contributed by atoms with E-state index in [0.717, 1.165) is 39.1 Å². The van der Waals surface area contributed by atoms with Gasteiger partial charge < -0.3 is 25.0 Å². The fourth-order valence-electron chi connectivity index (χ4n) is 5.94. The van der Waals surface area contributed by atoms with Gasteiger partial charge in [-0.05, 0) is 75.4 Å². The Hall–Kier alpha value is -4.88. The van der Waals surface area contributed by atoms with Gasteiger partial charge in [0, 0.05) is 37.1 Å². The van der Waals surface area contributed by atoms with Crippen LogP contribution in [0.4, 0.5) is 0 Å². The van der Waals surface area contributed by atoms with Crippen LogP contribution in [0.25, 0.3) is 16.8 Å². The monoisotopic (exact) mass is 707 g/mol. The number of hydrogen-bond donors (Lipinski definition) is 3. The fraction of sp³-hybridized carbons (Fsp3) is 0.308. The Labute approximate surface area is 301 Å². The number of unbranched alkanes of at least 4 members (excludes halogenated alkanes) is 2. The molecule has 4 aromatic carbocycles. The lowest BCUT2D eigenvalue weighted by atomic mass is 9.99. The quantitative estimate of drug-likeness (QED) is 0.0738. The Morgan fingerprint density at radius 1 is 0.824 bits per heavy atom. The Balaban J connectivity index is 1.14. The van der Waals surface area contributed by atoms with E-state index in [1.807, 2.05) is 91.0 Å². The van der Waals surface area contributed by atoms with Gasteiger partial charge in [0.15, 0.2) is 6.29 Å². The van der Waals surface area contributed by atoms with E-state index in [-0.39, 0.29) is 31.1 Å². The number of nitrogens with zero attached hydrogens (tertiary/aromatic N) is 4. The summed E-state index contributed by atoms with van der Waals surface area (Å²) in [5.74, 6) is -0.251. The summed E-state index contributed by atoms with van der Waals surface area (Å²) in [4.78, 5) is 23.1. The number of carboxylic acids is 1. The predicted molar refractivity (Wildman–Crippen MR) is 193 cm³/mol. The van der Waals surface area contributed by atoms with Gasteiger partial charge in [-0.25, -0.2) is 0 Å². The highest BCUT2D eigenvalue weighted by Gasteiger charge is 2.33. The number of aliphatic hydroxyl groups excluding tert-OH is 1. The van der Waals surface area contributed by atoms with Gasteiger partial charge in [-0.3, -0.25) is 9.59 Å². The molecule has 3 unspecified atom stereocenters. The number of aliphatic hydroxyl groups is 1. The number of carboxylic acid groups (broad SMARTS) is 1. The number of hydrogen-bond acceptors (Lipinski definition) is 9. The van der Waals surface area contributed by atoms with Crippen LogP contribution in [0.1, 0.15) is 73.2 Å². The molecule has 0 saturated carbocycles. The Kier molecular flexibility index (Phi) is 12.6. The van der Waals surface area contributed by atoms with E-state index in [4.69, 9.17) is 14.6 Å². The summed E-state index contributed by atoms with van der Waals surface area (Å²) in [6.45, 7) is 0.378. The van der Waals surface area contributed by atoms with Crippen molar-refractivity contribution in [2.24, 2.45) is 0 Å². The number of thioether (sulfide) groups is 1. The number of rotatable bonds is 16. The number of carbonyl (C=O) groups excluding carboxylic acids is 1. The first kappa shape index (κ1) is 35.9. The van der Waals surface area contributed by atoms with Crippen molar-refractivity contribution in [1.82, 2.24) is 25.5 Å². The van der Waals surface area contributed by atoms with Gasteiger partial charge in [-0.2, -0.15) is 4.68 Å². The molecular formula is C39H41N5O6S. The summed E-state index contributed by atoms with van der Waals surface area (Å²) >= 11 is 1.53. The van der Waals surface area contributed by atoms with Crippen LogP contribution in [-0.2, 0) is 32.2 Å². The van der Waals surface area contributed by atoms with Gasteiger partial charge in [0.1, 0.15) is 0 Å². The molecule has 51 heavy (non-hydrogen) atoms. The maximum Gasteiger partial charge on any atom is 0.303 e. The van der Waals surface area contributed by atoms with Crippen molar-refractivity contribution in [2.45, 2.75) is 75.3 Å². The topological polar surface area (TPSA) is 149 Å². The summed E-state index contributed by atoms with van der Waals surface area (Å²) < 4.78 is 15.0. The van der Waals surface area contributed by atoms with Crippen molar-refractivity contribution in [3.8, 4) is 16.8 Å². The third-order valence-corrected chi connectivity index (χ3v) is 9.71. The van der Waals surface area contributed by atoms with Crippen molar-refractivity contribution >= 4 is 23.6 Å². The molecule has 0 bridgehead atoms. The molecule has 1 aromatic heterocycles. The molecule has 1 fully saturated rings. The molecule has 1 aliphatic heterocycles. The number of benzene rings is 4. The van der Waals surface area contributed by atoms with Crippen LogP contribution in [0.2, 0.25) is 0 Å². The molecule has 1 saturated heterocycles.